The van der Waals surface area contributed by atoms with E-state index in [1.165, 1.54) is 5.56 Å². The summed E-state index contributed by atoms with van der Waals surface area (Å²) in [5.41, 5.74) is 7.53. The fourth-order valence-corrected chi connectivity index (χ4v) is 6.31. The van der Waals surface area contributed by atoms with Crippen LogP contribution in [0.15, 0.2) is 48.7 Å². The lowest BCUT2D eigenvalue weighted by Gasteiger charge is -2.32. The number of aliphatic carboxylic acids is 1. The maximum Gasteiger partial charge on any atom is 0.306 e. The van der Waals surface area contributed by atoms with E-state index in [1.807, 2.05) is 20.0 Å². The summed E-state index contributed by atoms with van der Waals surface area (Å²) < 4.78 is 6.64. The molecule has 0 spiro atoms. The van der Waals surface area contributed by atoms with Crippen molar-refractivity contribution in [2.45, 2.75) is 97.9 Å². The molecule has 1 saturated carbocycles. The number of rotatable bonds is 10. The second kappa shape index (κ2) is 11.7. The molecule has 1 unspecified atom stereocenters. The van der Waals surface area contributed by atoms with E-state index in [4.69, 9.17) is 9.72 Å². The normalized spacial score (nSPS) is 18.5. The number of carboxylic acid groups (broad SMARTS) is 1. The van der Waals surface area contributed by atoms with Crippen LogP contribution < -0.4 is 4.74 Å². The van der Waals surface area contributed by atoms with Crippen LogP contribution in [0, 0.1) is 18.8 Å². The molecule has 3 atom stereocenters. The maximum absolute atomic E-state index is 11.9. The van der Waals surface area contributed by atoms with E-state index in [1.54, 1.807) is 0 Å². The summed E-state index contributed by atoms with van der Waals surface area (Å²) in [6.45, 7) is 13.6. The Labute approximate surface area is 238 Å². The third-order valence-corrected chi connectivity index (χ3v) is 8.67. The van der Waals surface area contributed by atoms with Gasteiger partial charge < -0.3 is 9.84 Å². The van der Waals surface area contributed by atoms with E-state index >= 15 is 0 Å². The Hall–Kier alpha value is -3.25. The average Bonchev–Trinajstić information content (AvgIpc) is 3.76. The minimum absolute atomic E-state index is 0.0256. The topological polar surface area (TPSA) is 75.6 Å². The van der Waals surface area contributed by atoms with E-state index < -0.39 is 11.9 Å². The monoisotopic (exact) mass is 541 g/mol. The van der Waals surface area contributed by atoms with Crippen molar-refractivity contribution in [3.05, 3.63) is 76.9 Å². The van der Waals surface area contributed by atoms with Crippen molar-refractivity contribution in [1.29, 1.82) is 0 Å². The Kier molecular flexibility index (Phi) is 8.27. The molecular weight excluding hydrogens is 498 g/mol. The van der Waals surface area contributed by atoms with Crippen molar-refractivity contribution in [2.75, 3.05) is 0 Å². The molecule has 212 valence electrons. The fraction of sp³-hybridized carbons (Fsp3) is 0.500. The number of ether oxygens (including phenoxy) is 1. The number of nitrogens with zero attached hydrogens (tertiary/aromatic N) is 3. The number of hydrogen-bond acceptors (Lipinski definition) is 5. The summed E-state index contributed by atoms with van der Waals surface area (Å²) in [7, 11) is 0. The van der Waals surface area contributed by atoms with E-state index in [9.17, 15) is 9.90 Å². The van der Waals surface area contributed by atoms with Crippen molar-refractivity contribution in [3.63, 3.8) is 0 Å². The Bertz CT molecular complexity index is 1360. The zero-order chi connectivity index (χ0) is 28.6. The molecule has 2 aliphatic rings. The van der Waals surface area contributed by atoms with Gasteiger partial charge in [0.1, 0.15) is 11.9 Å². The molecule has 40 heavy (non-hydrogen) atoms. The summed E-state index contributed by atoms with van der Waals surface area (Å²) in [6.07, 6.45) is 5.70. The third kappa shape index (κ3) is 6.07. The molecule has 1 fully saturated rings. The van der Waals surface area contributed by atoms with Crippen LogP contribution in [0.25, 0.3) is 11.1 Å². The molecule has 0 saturated heterocycles. The van der Waals surface area contributed by atoms with Crippen LogP contribution in [0.4, 0.5) is 0 Å². The van der Waals surface area contributed by atoms with Crippen molar-refractivity contribution < 1.29 is 14.6 Å². The second-order valence-electron chi connectivity index (χ2n) is 12.3. The molecule has 0 radical (unpaired) electrons. The van der Waals surface area contributed by atoms with E-state index in [0.717, 1.165) is 71.7 Å². The molecule has 0 bridgehead atoms. The van der Waals surface area contributed by atoms with Gasteiger partial charge in [-0.15, -0.1) is 0 Å². The first kappa shape index (κ1) is 28.3. The summed E-state index contributed by atoms with van der Waals surface area (Å²) in [5, 5.41) is 9.75. The molecule has 3 heterocycles. The summed E-state index contributed by atoms with van der Waals surface area (Å²) in [4.78, 5) is 24.0. The Balaban J connectivity index is 1.47. The molecule has 3 aromatic rings. The average molecular weight is 542 g/mol. The van der Waals surface area contributed by atoms with Gasteiger partial charge >= 0.3 is 5.97 Å². The van der Waals surface area contributed by atoms with Crippen molar-refractivity contribution >= 4 is 5.97 Å². The number of pyridine rings is 2. The fourth-order valence-electron chi connectivity index (χ4n) is 6.31. The van der Waals surface area contributed by atoms with Gasteiger partial charge in [0.25, 0.3) is 0 Å². The van der Waals surface area contributed by atoms with E-state index in [0.29, 0.717) is 18.0 Å². The van der Waals surface area contributed by atoms with Crippen LogP contribution in [0.1, 0.15) is 94.1 Å². The van der Waals surface area contributed by atoms with Gasteiger partial charge in [-0.05, 0) is 113 Å². The lowest BCUT2D eigenvalue weighted by Crippen LogP contribution is -2.36. The zero-order valence-corrected chi connectivity index (χ0v) is 24.7. The smallest absolute Gasteiger partial charge is 0.306 e. The molecule has 1 N–H and O–H groups in total. The zero-order valence-electron chi connectivity index (χ0n) is 24.7. The van der Waals surface area contributed by atoms with Gasteiger partial charge in [-0.25, -0.2) is 0 Å². The number of hydrogen-bond donors (Lipinski definition) is 1. The highest BCUT2D eigenvalue weighted by Crippen LogP contribution is 2.48. The largest absolute Gasteiger partial charge is 0.484 e. The minimum atomic E-state index is -0.730. The molecule has 1 aliphatic carbocycles. The Morgan fingerprint density at radius 1 is 1.02 bits per heavy atom. The van der Waals surface area contributed by atoms with Gasteiger partial charge in [-0.1, -0.05) is 25.1 Å². The predicted molar refractivity (Wildman–Crippen MR) is 158 cm³/mol. The number of aryl methyl sites for hydroxylation is 2. The third-order valence-electron chi connectivity index (χ3n) is 8.67. The highest BCUT2D eigenvalue weighted by Gasteiger charge is 2.39. The summed E-state index contributed by atoms with van der Waals surface area (Å²) >= 11 is 0. The van der Waals surface area contributed by atoms with Gasteiger partial charge in [0.05, 0.1) is 17.3 Å². The highest BCUT2D eigenvalue weighted by atomic mass is 16.5. The first-order valence-electron chi connectivity index (χ1n) is 14.8. The number of benzene rings is 1. The molecule has 0 amide bonds. The summed E-state index contributed by atoms with van der Waals surface area (Å²) in [6, 6.07) is 15.6. The molecule has 1 aliphatic heterocycles. The Morgan fingerprint density at radius 2 is 1.77 bits per heavy atom. The standard InChI is InChI=1S/C34H43N3O3/c1-20(2)37(21(3)4)19-30-28(26-15-16-35-22(5)17-26)12-13-29(36-30)31-14-11-24-7-10-27(18-32(24)40-31)33(25-8-9-25)23(6)34(38)39/h7,10,12-13,15-18,20-21,23,25,31,33H,8-9,11,14,19H2,1-6H3,(H,38,39)/t23-,31?,33-/m0/s1. The van der Waals surface area contributed by atoms with Crippen molar-refractivity contribution in [3.8, 4) is 16.9 Å². The van der Waals surface area contributed by atoms with Crippen LogP contribution in [0.3, 0.4) is 0 Å². The van der Waals surface area contributed by atoms with Gasteiger partial charge in [0.15, 0.2) is 0 Å². The number of carboxylic acids is 1. The van der Waals surface area contributed by atoms with E-state index in [-0.39, 0.29) is 12.0 Å². The SMILES string of the molecule is Cc1cc(-c2ccc(C3CCc4ccc([C@H](C5CC5)[C@H](C)C(=O)O)cc4O3)nc2CN(C(C)C)C(C)C)ccn1. The van der Waals surface area contributed by atoms with Crippen molar-refractivity contribution in [2.24, 2.45) is 11.8 Å². The quantitative estimate of drug-likeness (QED) is 0.289. The minimum Gasteiger partial charge on any atom is -0.484 e. The van der Waals surface area contributed by atoms with Crippen LogP contribution in [0.2, 0.25) is 0 Å². The van der Waals surface area contributed by atoms with Crippen LogP contribution >= 0.6 is 0 Å². The number of carbonyl (C=O) groups is 1. The lowest BCUT2D eigenvalue weighted by molar-refractivity contribution is -0.142. The van der Waals surface area contributed by atoms with Gasteiger partial charge in [-0.2, -0.15) is 0 Å². The number of fused-ring (bicyclic) bond motifs is 1. The van der Waals surface area contributed by atoms with Crippen LogP contribution in [0.5, 0.6) is 5.75 Å². The molecular formula is C34H43N3O3. The Morgan fingerprint density at radius 3 is 2.42 bits per heavy atom. The lowest BCUT2D eigenvalue weighted by atomic mass is 9.82. The molecule has 6 heteroatoms. The molecule has 2 aromatic heterocycles. The molecule has 5 rings (SSSR count). The highest BCUT2D eigenvalue weighted by molar-refractivity contribution is 5.71. The van der Waals surface area contributed by atoms with Gasteiger partial charge in [0, 0.05) is 36.1 Å². The van der Waals surface area contributed by atoms with E-state index in [2.05, 4.69) is 80.0 Å². The van der Waals surface area contributed by atoms with Gasteiger partial charge in [-0.3, -0.25) is 19.7 Å². The van der Waals surface area contributed by atoms with Crippen LogP contribution in [-0.4, -0.2) is 38.0 Å². The first-order valence-corrected chi connectivity index (χ1v) is 14.8. The first-order chi connectivity index (χ1) is 19.1. The number of aromatic nitrogens is 2. The molecule has 1 aromatic carbocycles. The maximum atomic E-state index is 11.9. The summed E-state index contributed by atoms with van der Waals surface area (Å²) in [5.74, 6) is 0.203. The van der Waals surface area contributed by atoms with Gasteiger partial charge in [0.2, 0.25) is 0 Å². The second-order valence-corrected chi connectivity index (χ2v) is 12.3. The van der Waals surface area contributed by atoms with Crippen molar-refractivity contribution in [1.82, 2.24) is 14.9 Å². The molecule has 6 nitrogen and oxygen atoms in total. The van der Waals surface area contributed by atoms with Crippen LogP contribution in [-0.2, 0) is 17.8 Å². The predicted octanol–water partition coefficient (Wildman–Crippen LogP) is 7.35.